The number of rotatable bonds is 7. The smallest absolute Gasteiger partial charge is 0.123 e. The Hall–Kier alpha value is -1.13. The lowest BCUT2D eigenvalue weighted by molar-refractivity contribution is 0.372. The fourth-order valence-electron chi connectivity index (χ4n) is 2.51. The summed E-state index contributed by atoms with van der Waals surface area (Å²) in [6.45, 7) is 6.91. The highest BCUT2D eigenvalue weighted by Gasteiger charge is 2.16. The molecule has 0 saturated heterocycles. The maximum atomic E-state index is 13.4. The van der Waals surface area contributed by atoms with Gasteiger partial charge in [-0.25, -0.2) is 4.39 Å². The molecule has 0 aromatic heterocycles. The van der Waals surface area contributed by atoms with Crippen molar-refractivity contribution in [2.75, 3.05) is 39.1 Å². The standard InChI is InChI=1S/C15H26FN3/c1-6-19(12(2)11-18(4)5)15-8-7-14(16)9-13(15)10-17-3/h7-9,12,17H,6,10-11H2,1-5H3. The third-order valence-electron chi connectivity index (χ3n) is 3.22. The molecule has 1 N–H and O–H groups in total. The summed E-state index contributed by atoms with van der Waals surface area (Å²) in [5.41, 5.74) is 2.13. The Morgan fingerprint density at radius 3 is 2.53 bits per heavy atom. The molecular formula is C15H26FN3. The van der Waals surface area contributed by atoms with E-state index in [1.165, 1.54) is 0 Å². The fourth-order valence-corrected chi connectivity index (χ4v) is 2.51. The molecule has 0 amide bonds. The summed E-state index contributed by atoms with van der Waals surface area (Å²) in [6, 6.07) is 5.44. The minimum absolute atomic E-state index is 0.176. The highest BCUT2D eigenvalue weighted by Crippen LogP contribution is 2.23. The highest BCUT2D eigenvalue weighted by molar-refractivity contribution is 5.54. The number of benzene rings is 1. The van der Waals surface area contributed by atoms with Gasteiger partial charge >= 0.3 is 0 Å². The monoisotopic (exact) mass is 267 g/mol. The molecule has 0 bridgehead atoms. The zero-order chi connectivity index (χ0) is 14.4. The molecule has 108 valence electrons. The number of likely N-dealkylation sites (N-methyl/N-ethyl adjacent to an activating group) is 2. The van der Waals surface area contributed by atoms with E-state index in [0.717, 1.165) is 24.3 Å². The second kappa shape index (κ2) is 7.46. The first-order chi connectivity index (χ1) is 8.99. The molecule has 1 atom stereocenters. The average Bonchev–Trinajstić information content (AvgIpc) is 2.32. The predicted octanol–water partition coefficient (Wildman–Crippen LogP) is 2.32. The summed E-state index contributed by atoms with van der Waals surface area (Å²) < 4.78 is 13.4. The normalized spacial score (nSPS) is 12.8. The number of anilines is 1. The Labute approximate surface area is 116 Å². The second-order valence-corrected chi connectivity index (χ2v) is 5.20. The van der Waals surface area contributed by atoms with E-state index in [9.17, 15) is 4.39 Å². The molecule has 1 aromatic carbocycles. The van der Waals surface area contributed by atoms with E-state index >= 15 is 0 Å². The Balaban J connectivity index is 3.02. The van der Waals surface area contributed by atoms with Crippen LogP contribution in [0, 0.1) is 5.82 Å². The quantitative estimate of drug-likeness (QED) is 0.818. The molecule has 0 fully saturated rings. The molecule has 1 rings (SSSR count). The topological polar surface area (TPSA) is 18.5 Å². The van der Waals surface area contributed by atoms with Gasteiger partial charge in [0.15, 0.2) is 0 Å². The van der Waals surface area contributed by atoms with Crippen LogP contribution in [0.1, 0.15) is 19.4 Å². The lowest BCUT2D eigenvalue weighted by Gasteiger charge is -2.33. The van der Waals surface area contributed by atoms with Crippen LogP contribution in [0.4, 0.5) is 10.1 Å². The number of nitrogens with one attached hydrogen (secondary N) is 1. The zero-order valence-electron chi connectivity index (χ0n) is 12.7. The molecule has 1 unspecified atom stereocenters. The van der Waals surface area contributed by atoms with Gasteiger partial charge in [-0.05, 0) is 58.8 Å². The molecule has 19 heavy (non-hydrogen) atoms. The third kappa shape index (κ3) is 4.48. The Bertz CT molecular complexity index is 393. The number of hydrogen-bond donors (Lipinski definition) is 1. The van der Waals surface area contributed by atoms with Crippen LogP contribution in [0.5, 0.6) is 0 Å². The van der Waals surface area contributed by atoms with Crippen LogP contribution in [0.2, 0.25) is 0 Å². The molecule has 0 heterocycles. The van der Waals surface area contributed by atoms with E-state index < -0.39 is 0 Å². The van der Waals surface area contributed by atoms with Gasteiger partial charge in [0.25, 0.3) is 0 Å². The lowest BCUT2D eigenvalue weighted by Crippen LogP contribution is -2.40. The van der Waals surface area contributed by atoms with Crippen LogP contribution in [0.25, 0.3) is 0 Å². The maximum absolute atomic E-state index is 13.4. The maximum Gasteiger partial charge on any atom is 0.123 e. The second-order valence-electron chi connectivity index (χ2n) is 5.20. The van der Waals surface area contributed by atoms with E-state index in [1.54, 1.807) is 12.1 Å². The first kappa shape index (κ1) is 15.9. The first-order valence-corrected chi connectivity index (χ1v) is 6.84. The van der Waals surface area contributed by atoms with Crippen LogP contribution < -0.4 is 10.2 Å². The summed E-state index contributed by atoms with van der Waals surface area (Å²) in [7, 11) is 6.03. The van der Waals surface area contributed by atoms with E-state index in [0.29, 0.717) is 12.6 Å². The van der Waals surface area contributed by atoms with Crippen molar-refractivity contribution in [1.82, 2.24) is 10.2 Å². The van der Waals surface area contributed by atoms with Gasteiger partial charge in [0.1, 0.15) is 5.82 Å². The van der Waals surface area contributed by atoms with Crippen molar-refractivity contribution in [3.05, 3.63) is 29.6 Å². The molecule has 3 nitrogen and oxygen atoms in total. The molecule has 4 heteroatoms. The Morgan fingerprint density at radius 1 is 1.32 bits per heavy atom. The summed E-state index contributed by atoms with van der Waals surface area (Å²) in [6.07, 6.45) is 0. The summed E-state index contributed by atoms with van der Waals surface area (Å²) in [5, 5.41) is 3.11. The molecular weight excluding hydrogens is 241 g/mol. The van der Waals surface area contributed by atoms with Crippen LogP contribution in [-0.2, 0) is 6.54 Å². The van der Waals surface area contributed by atoms with Gasteiger partial charge in [-0.15, -0.1) is 0 Å². The first-order valence-electron chi connectivity index (χ1n) is 6.84. The van der Waals surface area contributed by atoms with Crippen molar-refractivity contribution < 1.29 is 4.39 Å². The van der Waals surface area contributed by atoms with E-state index in [4.69, 9.17) is 0 Å². The molecule has 1 aromatic rings. The number of halogens is 1. The third-order valence-corrected chi connectivity index (χ3v) is 3.22. The van der Waals surface area contributed by atoms with Gasteiger partial charge in [0.05, 0.1) is 0 Å². The van der Waals surface area contributed by atoms with Crippen molar-refractivity contribution >= 4 is 5.69 Å². The van der Waals surface area contributed by atoms with Crippen molar-refractivity contribution in [1.29, 1.82) is 0 Å². The lowest BCUT2D eigenvalue weighted by atomic mass is 10.1. The zero-order valence-corrected chi connectivity index (χ0v) is 12.7. The van der Waals surface area contributed by atoms with Crippen LogP contribution in [0.15, 0.2) is 18.2 Å². The summed E-state index contributed by atoms with van der Waals surface area (Å²) >= 11 is 0. The Kier molecular flexibility index (Phi) is 6.25. The molecule has 0 spiro atoms. The van der Waals surface area contributed by atoms with E-state index in [2.05, 4.69) is 43.1 Å². The number of hydrogen-bond acceptors (Lipinski definition) is 3. The van der Waals surface area contributed by atoms with Crippen LogP contribution in [0.3, 0.4) is 0 Å². The van der Waals surface area contributed by atoms with Gasteiger partial charge in [-0.3, -0.25) is 0 Å². The predicted molar refractivity (Wildman–Crippen MR) is 80.2 cm³/mol. The van der Waals surface area contributed by atoms with Crippen molar-refractivity contribution in [3.8, 4) is 0 Å². The van der Waals surface area contributed by atoms with E-state index in [1.807, 2.05) is 13.1 Å². The van der Waals surface area contributed by atoms with Crippen LogP contribution in [-0.4, -0.2) is 45.2 Å². The molecule has 0 aliphatic heterocycles. The van der Waals surface area contributed by atoms with Crippen molar-refractivity contribution in [2.45, 2.75) is 26.4 Å². The largest absolute Gasteiger partial charge is 0.368 e. The molecule has 0 saturated carbocycles. The van der Waals surface area contributed by atoms with Gasteiger partial charge in [-0.1, -0.05) is 0 Å². The average molecular weight is 267 g/mol. The highest BCUT2D eigenvalue weighted by atomic mass is 19.1. The summed E-state index contributed by atoms with van der Waals surface area (Å²) in [4.78, 5) is 4.50. The molecule has 0 aliphatic rings. The van der Waals surface area contributed by atoms with Gasteiger partial charge in [0, 0.05) is 31.4 Å². The van der Waals surface area contributed by atoms with Gasteiger partial charge < -0.3 is 15.1 Å². The fraction of sp³-hybridized carbons (Fsp3) is 0.600. The molecule has 0 aliphatic carbocycles. The van der Waals surface area contributed by atoms with Gasteiger partial charge in [0.2, 0.25) is 0 Å². The van der Waals surface area contributed by atoms with Crippen molar-refractivity contribution in [3.63, 3.8) is 0 Å². The Morgan fingerprint density at radius 2 is 2.00 bits per heavy atom. The number of nitrogens with zero attached hydrogens (tertiary/aromatic N) is 2. The summed E-state index contributed by atoms with van der Waals surface area (Å²) in [5.74, 6) is -0.176. The van der Waals surface area contributed by atoms with Gasteiger partial charge in [-0.2, -0.15) is 0 Å². The van der Waals surface area contributed by atoms with Crippen molar-refractivity contribution in [2.24, 2.45) is 0 Å². The van der Waals surface area contributed by atoms with Crippen LogP contribution >= 0.6 is 0 Å². The molecule has 0 radical (unpaired) electrons. The minimum atomic E-state index is -0.176. The minimum Gasteiger partial charge on any atom is -0.368 e. The SMILES string of the molecule is CCN(c1ccc(F)cc1CNC)C(C)CN(C)C. The van der Waals surface area contributed by atoms with E-state index in [-0.39, 0.29) is 5.82 Å².